The maximum atomic E-state index is 11.9. The predicted molar refractivity (Wildman–Crippen MR) is 72.5 cm³/mol. The summed E-state index contributed by atoms with van der Waals surface area (Å²) in [5.41, 5.74) is 6.09. The molecule has 0 aliphatic rings. The van der Waals surface area contributed by atoms with Gasteiger partial charge in [0.2, 0.25) is 5.91 Å². The van der Waals surface area contributed by atoms with Crippen molar-refractivity contribution >= 4 is 34.8 Å². The van der Waals surface area contributed by atoms with Gasteiger partial charge in [-0.2, -0.15) is 0 Å². The Hall–Kier alpha value is -0.770. The van der Waals surface area contributed by atoms with E-state index < -0.39 is 6.04 Å². The van der Waals surface area contributed by atoms with Crippen molar-refractivity contribution in [3.63, 3.8) is 0 Å². The van der Waals surface area contributed by atoms with Gasteiger partial charge in [0.1, 0.15) is 0 Å². The third-order valence-electron chi connectivity index (χ3n) is 2.35. The Bertz CT molecular complexity index is 407. The van der Waals surface area contributed by atoms with Gasteiger partial charge in [0.25, 0.3) is 0 Å². The molecule has 0 radical (unpaired) electrons. The molecule has 0 aromatic heterocycles. The van der Waals surface area contributed by atoms with Crippen molar-refractivity contribution in [2.45, 2.75) is 26.8 Å². The third-order valence-corrected chi connectivity index (χ3v) is 2.78. The quantitative estimate of drug-likeness (QED) is 0.870. The Morgan fingerprint density at radius 1 is 1.24 bits per heavy atom. The number of carbonyl (C=O) groups is 1. The molecule has 1 rings (SSSR count). The Kier molecular flexibility index (Phi) is 4.42. The molecule has 1 atom stereocenters. The first-order valence-corrected chi connectivity index (χ1v) is 5.98. The van der Waals surface area contributed by atoms with Crippen molar-refractivity contribution in [3.8, 4) is 0 Å². The normalized spacial score (nSPS) is 13.3. The number of rotatable bonds is 2. The number of hydrogen-bond donors (Lipinski definition) is 2. The molecule has 3 nitrogen and oxygen atoms in total. The zero-order chi connectivity index (χ0) is 13.2. The van der Waals surface area contributed by atoms with Crippen LogP contribution in [0, 0.1) is 5.41 Å². The van der Waals surface area contributed by atoms with Crippen LogP contribution in [0.4, 0.5) is 5.69 Å². The largest absolute Gasteiger partial charge is 0.325 e. The van der Waals surface area contributed by atoms with Gasteiger partial charge in [0, 0.05) is 15.7 Å². The smallest absolute Gasteiger partial charge is 0.241 e. The molecule has 0 fully saturated rings. The monoisotopic (exact) mass is 274 g/mol. The molecule has 0 spiro atoms. The number of anilines is 1. The number of nitrogens with two attached hydrogens (primary N) is 1. The van der Waals surface area contributed by atoms with E-state index in [9.17, 15) is 4.79 Å². The summed E-state index contributed by atoms with van der Waals surface area (Å²) in [6.07, 6.45) is 0. The van der Waals surface area contributed by atoms with E-state index in [0.29, 0.717) is 15.7 Å². The van der Waals surface area contributed by atoms with Crippen LogP contribution in [0.3, 0.4) is 0 Å². The van der Waals surface area contributed by atoms with E-state index in [1.807, 2.05) is 20.8 Å². The van der Waals surface area contributed by atoms with Crippen LogP contribution in [0.1, 0.15) is 20.8 Å². The summed E-state index contributed by atoms with van der Waals surface area (Å²) in [7, 11) is 0. The lowest BCUT2D eigenvalue weighted by atomic mass is 9.87. The fourth-order valence-electron chi connectivity index (χ4n) is 1.24. The van der Waals surface area contributed by atoms with Gasteiger partial charge in [-0.1, -0.05) is 44.0 Å². The van der Waals surface area contributed by atoms with Gasteiger partial charge in [0.05, 0.1) is 6.04 Å². The number of amides is 1. The summed E-state index contributed by atoms with van der Waals surface area (Å²) >= 11 is 11.7. The molecule has 17 heavy (non-hydrogen) atoms. The van der Waals surface area contributed by atoms with E-state index in [4.69, 9.17) is 28.9 Å². The van der Waals surface area contributed by atoms with E-state index in [2.05, 4.69) is 5.32 Å². The van der Waals surface area contributed by atoms with Crippen molar-refractivity contribution < 1.29 is 4.79 Å². The van der Waals surface area contributed by atoms with Gasteiger partial charge in [-0.3, -0.25) is 4.79 Å². The second kappa shape index (κ2) is 5.25. The van der Waals surface area contributed by atoms with Gasteiger partial charge in [-0.15, -0.1) is 0 Å². The van der Waals surface area contributed by atoms with Crippen LogP contribution in [0.2, 0.25) is 10.0 Å². The summed E-state index contributed by atoms with van der Waals surface area (Å²) in [4.78, 5) is 11.9. The van der Waals surface area contributed by atoms with Crippen molar-refractivity contribution in [2.24, 2.45) is 11.1 Å². The van der Waals surface area contributed by atoms with E-state index in [1.54, 1.807) is 18.2 Å². The number of benzene rings is 1. The SMILES string of the molecule is CC(C)(C)[C@@H](N)C(=O)Nc1cc(Cl)cc(Cl)c1. The highest BCUT2D eigenvalue weighted by Gasteiger charge is 2.27. The standard InChI is InChI=1S/C12H16Cl2N2O/c1-12(2,3)10(15)11(17)16-9-5-7(13)4-8(14)6-9/h4-6,10H,15H2,1-3H3,(H,16,17)/t10-/m0/s1. The lowest BCUT2D eigenvalue weighted by Crippen LogP contribution is -2.45. The average Bonchev–Trinajstić information content (AvgIpc) is 2.13. The predicted octanol–water partition coefficient (Wildman–Crippen LogP) is 3.31. The van der Waals surface area contributed by atoms with Crippen LogP contribution in [0.5, 0.6) is 0 Å². The van der Waals surface area contributed by atoms with Gasteiger partial charge < -0.3 is 11.1 Å². The fourth-order valence-corrected chi connectivity index (χ4v) is 1.77. The number of hydrogen-bond acceptors (Lipinski definition) is 2. The second-order valence-corrected chi connectivity index (χ2v) is 5.86. The first-order valence-electron chi connectivity index (χ1n) is 5.22. The molecule has 0 unspecified atom stereocenters. The molecule has 1 aromatic carbocycles. The minimum atomic E-state index is -0.597. The van der Waals surface area contributed by atoms with Crippen LogP contribution >= 0.6 is 23.2 Å². The second-order valence-electron chi connectivity index (χ2n) is 4.99. The summed E-state index contributed by atoms with van der Waals surface area (Å²) < 4.78 is 0. The van der Waals surface area contributed by atoms with Crippen LogP contribution in [-0.2, 0) is 4.79 Å². The highest BCUT2D eigenvalue weighted by atomic mass is 35.5. The lowest BCUT2D eigenvalue weighted by Gasteiger charge is -2.25. The number of carbonyl (C=O) groups excluding carboxylic acids is 1. The van der Waals surface area contributed by atoms with Crippen molar-refractivity contribution in [2.75, 3.05) is 5.32 Å². The van der Waals surface area contributed by atoms with E-state index in [1.165, 1.54) is 0 Å². The van der Waals surface area contributed by atoms with Gasteiger partial charge in [0.15, 0.2) is 0 Å². The third kappa shape index (κ3) is 4.19. The molecule has 1 amide bonds. The van der Waals surface area contributed by atoms with Crippen molar-refractivity contribution in [3.05, 3.63) is 28.2 Å². The Balaban J connectivity index is 2.81. The lowest BCUT2D eigenvalue weighted by molar-refractivity contribution is -0.119. The topological polar surface area (TPSA) is 55.1 Å². The molecule has 0 aliphatic carbocycles. The van der Waals surface area contributed by atoms with E-state index in [-0.39, 0.29) is 11.3 Å². The maximum Gasteiger partial charge on any atom is 0.241 e. The molecule has 0 saturated heterocycles. The first kappa shape index (κ1) is 14.3. The molecule has 0 aliphatic heterocycles. The zero-order valence-electron chi connectivity index (χ0n) is 10.1. The summed E-state index contributed by atoms with van der Waals surface area (Å²) in [5, 5.41) is 3.64. The minimum absolute atomic E-state index is 0.254. The zero-order valence-corrected chi connectivity index (χ0v) is 11.6. The molecule has 0 bridgehead atoms. The number of halogens is 2. The van der Waals surface area contributed by atoms with Crippen LogP contribution in [-0.4, -0.2) is 11.9 Å². The van der Waals surface area contributed by atoms with Gasteiger partial charge in [-0.25, -0.2) is 0 Å². The first-order chi connectivity index (χ1) is 7.70. The molecule has 0 saturated carbocycles. The maximum absolute atomic E-state index is 11.9. The Labute approximate surface area is 111 Å². The summed E-state index contributed by atoms with van der Waals surface area (Å²) in [6, 6.07) is 4.25. The van der Waals surface area contributed by atoms with Gasteiger partial charge >= 0.3 is 0 Å². The minimum Gasteiger partial charge on any atom is -0.325 e. The Morgan fingerprint density at radius 3 is 2.12 bits per heavy atom. The van der Waals surface area contributed by atoms with E-state index >= 15 is 0 Å². The Morgan fingerprint density at radius 2 is 1.71 bits per heavy atom. The molecule has 94 valence electrons. The fraction of sp³-hybridized carbons (Fsp3) is 0.417. The molecule has 3 N–H and O–H groups in total. The highest BCUT2D eigenvalue weighted by Crippen LogP contribution is 2.24. The molecular weight excluding hydrogens is 259 g/mol. The van der Waals surface area contributed by atoms with Crippen molar-refractivity contribution in [1.29, 1.82) is 0 Å². The summed E-state index contributed by atoms with van der Waals surface area (Å²) in [5.74, 6) is -0.254. The summed E-state index contributed by atoms with van der Waals surface area (Å²) in [6.45, 7) is 5.71. The van der Waals surface area contributed by atoms with E-state index in [0.717, 1.165) is 0 Å². The van der Waals surface area contributed by atoms with Crippen LogP contribution in [0.15, 0.2) is 18.2 Å². The highest BCUT2D eigenvalue weighted by molar-refractivity contribution is 6.35. The van der Waals surface area contributed by atoms with Crippen LogP contribution in [0.25, 0.3) is 0 Å². The van der Waals surface area contributed by atoms with Gasteiger partial charge in [-0.05, 0) is 23.6 Å². The number of nitrogens with one attached hydrogen (secondary N) is 1. The van der Waals surface area contributed by atoms with Crippen molar-refractivity contribution in [1.82, 2.24) is 0 Å². The molecule has 1 aromatic rings. The molecule has 0 heterocycles. The van der Waals surface area contributed by atoms with Crippen LogP contribution < -0.4 is 11.1 Å². The molecular formula is C12H16Cl2N2O. The molecule has 5 heteroatoms. The average molecular weight is 275 g/mol.